The lowest BCUT2D eigenvalue weighted by Crippen LogP contribution is -2.34. The second-order valence-electron chi connectivity index (χ2n) is 4.43. The van der Waals surface area contributed by atoms with Crippen LogP contribution in [0.4, 0.5) is 0 Å². The Labute approximate surface area is 121 Å². The third-order valence-corrected chi connectivity index (χ3v) is 2.96. The van der Waals surface area contributed by atoms with Crippen molar-refractivity contribution in [1.82, 2.24) is 15.3 Å². The van der Waals surface area contributed by atoms with Gasteiger partial charge in [-0.1, -0.05) is 0 Å². The van der Waals surface area contributed by atoms with Crippen LogP contribution in [0.5, 0.6) is 0 Å². The first-order chi connectivity index (χ1) is 10.1. The highest BCUT2D eigenvalue weighted by molar-refractivity contribution is 5.97. The van der Waals surface area contributed by atoms with E-state index in [1.165, 1.54) is 7.11 Å². The Bertz CT molecular complexity index is 659. The predicted molar refractivity (Wildman–Crippen MR) is 74.9 cm³/mol. The van der Waals surface area contributed by atoms with Gasteiger partial charge in [-0.3, -0.25) is 19.6 Å². The van der Waals surface area contributed by atoms with Gasteiger partial charge in [0.2, 0.25) is 0 Å². The maximum atomic E-state index is 12.0. The zero-order valence-electron chi connectivity index (χ0n) is 11.4. The number of carbonyl (C=O) groups is 2. The van der Waals surface area contributed by atoms with E-state index in [1.807, 2.05) is 0 Å². The van der Waals surface area contributed by atoms with Gasteiger partial charge in [-0.2, -0.15) is 0 Å². The van der Waals surface area contributed by atoms with Crippen LogP contribution in [0.25, 0.3) is 11.0 Å². The molecule has 1 unspecified atom stereocenters. The third kappa shape index (κ3) is 3.96. The second kappa shape index (κ2) is 6.76. The van der Waals surface area contributed by atoms with E-state index in [0.717, 1.165) is 0 Å². The van der Waals surface area contributed by atoms with E-state index in [0.29, 0.717) is 16.6 Å². The van der Waals surface area contributed by atoms with Crippen LogP contribution in [0.2, 0.25) is 0 Å². The van der Waals surface area contributed by atoms with E-state index in [1.54, 1.807) is 30.6 Å². The van der Waals surface area contributed by atoms with Gasteiger partial charge in [0.15, 0.2) is 0 Å². The van der Waals surface area contributed by atoms with E-state index in [4.69, 9.17) is 9.84 Å². The van der Waals surface area contributed by atoms with Crippen LogP contribution in [-0.2, 0) is 9.53 Å². The first-order valence-electron chi connectivity index (χ1n) is 6.33. The lowest BCUT2D eigenvalue weighted by atomic mass is 10.1. The molecule has 1 aromatic carbocycles. The maximum absolute atomic E-state index is 12.0. The molecule has 0 aliphatic rings. The summed E-state index contributed by atoms with van der Waals surface area (Å²) in [6.07, 6.45) is 2.40. The van der Waals surface area contributed by atoms with Gasteiger partial charge < -0.3 is 15.2 Å². The Morgan fingerprint density at radius 1 is 1.29 bits per heavy atom. The highest BCUT2D eigenvalue weighted by Gasteiger charge is 2.14. The summed E-state index contributed by atoms with van der Waals surface area (Å²) in [6.45, 7) is 0.125. The first kappa shape index (κ1) is 14.9. The molecule has 0 aliphatic heterocycles. The Hall–Kier alpha value is -2.54. The topological polar surface area (TPSA) is 101 Å². The molecule has 0 fully saturated rings. The number of aliphatic carboxylic acids is 1. The van der Waals surface area contributed by atoms with Crippen molar-refractivity contribution in [3.05, 3.63) is 36.2 Å². The number of fused-ring (bicyclic) bond motifs is 1. The lowest BCUT2D eigenvalue weighted by Gasteiger charge is -2.14. The van der Waals surface area contributed by atoms with Gasteiger partial charge in [0, 0.05) is 31.6 Å². The number of ether oxygens (including phenoxy) is 1. The largest absolute Gasteiger partial charge is 0.481 e. The minimum Gasteiger partial charge on any atom is -0.481 e. The van der Waals surface area contributed by atoms with Crippen molar-refractivity contribution in [2.24, 2.45) is 0 Å². The summed E-state index contributed by atoms with van der Waals surface area (Å²) in [6, 6.07) is 4.99. The highest BCUT2D eigenvalue weighted by Crippen LogP contribution is 2.10. The Morgan fingerprint density at radius 2 is 2.00 bits per heavy atom. The van der Waals surface area contributed by atoms with Gasteiger partial charge in [-0.15, -0.1) is 0 Å². The van der Waals surface area contributed by atoms with E-state index < -0.39 is 12.1 Å². The first-order valence-corrected chi connectivity index (χ1v) is 6.33. The van der Waals surface area contributed by atoms with E-state index in [2.05, 4.69) is 15.3 Å². The van der Waals surface area contributed by atoms with Crippen LogP contribution in [0.15, 0.2) is 30.6 Å². The average molecular weight is 289 g/mol. The highest BCUT2D eigenvalue weighted by atomic mass is 16.5. The van der Waals surface area contributed by atoms with Crippen molar-refractivity contribution in [2.45, 2.75) is 12.5 Å². The fraction of sp³-hybridized carbons (Fsp3) is 0.286. The van der Waals surface area contributed by atoms with Gasteiger partial charge in [0.05, 0.1) is 23.6 Å². The van der Waals surface area contributed by atoms with Crippen molar-refractivity contribution >= 4 is 22.9 Å². The molecule has 1 heterocycles. The van der Waals surface area contributed by atoms with Gasteiger partial charge in [-0.05, 0) is 18.2 Å². The van der Waals surface area contributed by atoms with E-state index in [9.17, 15) is 9.59 Å². The van der Waals surface area contributed by atoms with Crippen LogP contribution in [-0.4, -0.2) is 46.7 Å². The number of carboxylic acids is 1. The number of carbonyl (C=O) groups excluding carboxylic acids is 1. The van der Waals surface area contributed by atoms with Gasteiger partial charge in [0.1, 0.15) is 0 Å². The molecule has 2 N–H and O–H groups in total. The molecule has 2 aromatic rings. The summed E-state index contributed by atoms with van der Waals surface area (Å²) in [7, 11) is 1.41. The summed E-state index contributed by atoms with van der Waals surface area (Å²) in [5, 5.41) is 11.4. The fourth-order valence-corrected chi connectivity index (χ4v) is 1.85. The van der Waals surface area contributed by atoms with E-state index >= 15 is 0 Å². The minimum atomic E-state index is -0.975. The zero-order valence-corrected chi connectivity index (χ0v) is 11.4. The number of methoxy groups -OCH3 is 1. The van der Waals surface area contributed by atoms with Crippen LogP contribution in [0.1, 0.15) is 16.8 Å². The van der Waals surface area contributed by atoms with Crippen molar-refractivity contribution < 1.29 is 19.4 Å². The lowest BCUT2D eigenvalue weighted by molar-refractivity contribution is -0.139. The zero-order chi connectivity index (χ0) is 15.2. The molecule has 7 nitrogen and oxygen atoms in total. The molecule has 0 bridgehead atoms. The van der Waals surface area contributed by atoms with Crippen molar-refractivity contribution in [3.63, 3.8) is 0 Å². The Balaban J connectivity index is 2.03. The number of aromatic nitrogens is 2. The summed E-state index contributed by atoms with van der Waals surface area (Å²) < 4.78 is 5.00. The van der Waals surface area contributed by atoms with Gasteiger partial charge in [-0.25, -0.2) is 0 Å². The number of nitrogens with zero attached hydrogens (tertiary/aromatic N) is 2. The molecule has 1 amide bonds. The fourth-order valence-electron chi connectivity index (χ4n) is 1.85. The molecule has 21 heavy (non-hydrogen) atoms. The Morgan fingerprint density at radius 3 is 2.67 bits per heavy atom. The molecule has 0 saturated heterocycles. The molecule has 2 rings (SSSR count). The summed E-state index contributed by atoms with van der Waals surface area (Å²) in [5.41, 5.74) is 1.77. The molecule has 1 atom stereocenters. The van der Waals surface area contributed by atoms with Gasteiger partial charge in [0.25, 0.3) is 5.91 Å². The molecule has 7 heteroatoms. The predicted octanol–water partition coefficient (Wildman–Crippen LogP) is 0.849. The van der Waals surface area contributed by atoms with Crippen LogP contribution in [0.3, 0.4) is 0 Å². The number of amides is 1. The molecule has 0 saturated carbocycles. The number of hydrogen-bond donors (Lipinski definition) is 2. The maximum Gasteiger partial charge on any atom is 0.306 e. The summed E-state index contributed by atoms with van der Waals surface area (Å²) in [5.74, 6) is -1.29. The van der Waals surface area contributed by atoms with Crippen molar-refractivity contribution in [2.75, 3.05) is 13.7 Å². The number of nitrogens with one attached hydrogen (secondary N) is 1. The minimum absolute atomic E-state index is 0.125. The molecule has 110 valence electrons. The number of rotatable bonds is 6. The second-order valence-corrected chi connectivity index (χ2v) is 4.43. The normalized spacial score (nSPS) is 12.0. The SMILES string of the molecule is COC(CNC(=O)c1ccc2nccnc2c1)CC(=O)O. The smallest absolute Gasteiger partial charge is 0.306 e. The third-order valence-electron chi connectivity index (χ3n) is 2.96. The molecular formula is C14H15N3O4. The molecule has 1 aromatic heterocycles. The molecular weight excluding hydrogens is 274 g/mol. The number of hydrogen-bond acceptors (Lipinski definition) is 5. The number of benzene rings is 1. The van der Waals surface area contributed by atoms with Crippen molar-refractivity contribution in [3.8, 4) is 0 Å². The van der Waals surface area contributed by atoms with Crippen LogP contribution < -0.4 is 5.32 Å². The van der Waals surface area contributed by atoms with E-state index in [-0.39, 0.29) is 18.9 Å². The monoisotopic (exact) mass is 289 g/mol. The van der Waals surface area contributed by atoms with Crippen molar-refractivity contribution in [1.29, 1.82) is 0 Å². The Kier molecular flexibility index (Phi) is 4.78. The molecule has 0 spiro atoms. The van der Waals surface area contributed by atoms with Crippen LogP contribution >= 0.6 is 0 Å². The summed E-state index contributed by atoms with van der Waals surface area (Å²) in [4.78, 5) is 30.9. The van der Waals surface area contributed by atoms with Crippen LogP contribution in [0, 0.1) is 0 Å². The summed E-state index contributed by atoms with van der Waals surface area (Å²) >= 11 is 0. The number of carboxylic acid groups (broad SMARTS) is 1. The van der Waals surface area contributed by atoms with Gasteiger partial charge >= 0.3 is 5.97 Å². The average Bonchev–Trinajstić information content (AvgIpc) is 2.50. The standard InChI is InChI=1S/C14H15N3O4/c1-21-10(7-13(18)19)8-17-14(20)9-2-3-11-12(6-9)16-5-4-15-11/h2-6,10H,7-8H2,1H3,(H,17,20)(H,18,19). The molecule has 0 radical (unpaired) electrons. The quantitative estimate of drug-likeness (QED) is 0.817. The molecule has 0 aliphatic carbocycles.